The van der Waals surface area contributed by atoms with Crippen molar-refractivity contribution in [1.29, 1.82) is 0 Å². The highest BCUT2D eigenvalue weighted by Crippen LogP contribution is 2.28. The lowest BCUT2D eigenvalue weighted by Gasteiger charge is -2.26. The van der Waals surface area contributed by atoms with E-state index in [1.165, 1.54) is 0 Å². The Balaban J connectivity index is 1.77. The molecular formula is C20H20ClN5O. The summed E-state index contributed by atoms with van der Waals surface area (Å²) in [4.78, 5) is 13.4. The quantitative estimate of drug-likeness (QED) is 0.631. The summed E-state index contributed by atoms with van der Waals surface area (Å²) in [6.07, 6.45) is 4.47. The highest BCUT2D eigenvalue weighted by Gasteiger charge is 2.26. The number of nitrogen functional groups attached to an aromatic ring is 1. The Bertz CT molecular complexity index is 1070. The summed E-state index contributed by atoms with van der Waals surface area (Å²) in [5, 5.41) is 11.2. The normalized spacial score (nSPS) is 16.1. The molecule has 2 heterocycles. The zero-order valence-corrected chi connectivity index (χ0v) is 15.8. The van der Waals surface area contributed by atoms with Crippen molar-refractivity contribution in [3.8, 4) is 23.2 Å². The number of aryl methyl sites for hydroxylation is 1. The zero-order valence-electron chi connectivity index (χ0n) is 15.0. The van der Waals surface area contributed by atoms with Crippen molar-refractivity contribution in [2.75, 3.05) is 5.73 Å². The van der Waals surface area contributed by atoms with E-state index in [0.29, 0.717) is 40.7 Å². The summed E-state index contributed by atoms with van der Waals surface area (Å²) < 4.78 is 1.85. The smallest absolute Gasteiger partial charge is 0.209 e. The molecule has 2 aromatic heterocycles. The molecule has 0 aliphatic heterocycles. The number of hydrogen-bond acceptors (Lipinski definition) is 5. The lowest BCUT2D eigenvalue weighted by Crippen LogP contribution is -2.29. The van der Waals surface area contributed by atoms with Crippen LogP contribution in [0.25, 0.3) is 22.6 Å². The first-order valence-electron chi connectivity index (χ1n) is 8.97. The second-order valence-electron chi connectivity index (χ2n) is 6.95. The van der Waals surface area contributed by atoms with Crippen LogP contribution >= 0.6 is 11.6 Å². The number of imidazole rings is 1. The Labute approximate surface area is 162 Å². The van der Waals surface area contributed by atoms with Crippen molar-refractivity contribution in [3.63, 3.8) is 0 Å². The number of aromatic nitrogens is 4. The molecule has 0 atom stereocenters. The van der Waals surface area contributed by atoms with Crippen LogP contribution in [0.1, 0.15) is 37.9 Å². The van der Waals surface area contributed by atoms with Crippen LogP contribution in [-0.2, 0) is 7.05 Å². The number of hydrogen-bond donors (Lipinski definition) is 2. The average Bonchev–Trinajstić information content (AvgIpc) is 2.98. The van der Waals surface area contributed by atoms with Crippen LogP contribution in [0.3, 0.4) is 0 Å². The van der Waals surface area contributed by atoms with Crippen molar-refractivity contribution in [2.24, 2.45) is 7.05 Å². The summed E-state index contributed by atoms with van der Waals surface area (Å²) in [5.41, 5.74) is 7.14. The van der Waals surface area contributed by atoms with Gasteiger partial charge in [-0.2, -0.15) is 0 Å². The van der Waals surface area contributed by atoms with E-state index in [9.17, 15) is 5.11 Å². The van der Waals surface area contributed by atoms with E-state index < -0.39 is 5.60 Å². The molecule has 0 bridgehead atoms. The number of halogens is 1. The second kappa shape index (κ2) is 6.84. The van der Waals surface area contributed by atoms with E-state index in [2.05, 4.69) is 26.8 Å². The number of aliphatic hydroxyl groups is 1. The topological polar surface area (TPSA) is 89.9 Å². The molecule has 7 heteroatoms. The lowest BCUT2D eigenvalue weighted by molar-refractivity contribution is 0.0610. The van der Waals surface area contributed by atoms with Gasteiger partial charge in [0.1, 0.15) is 11.4 Å². The third kappa shape index (κ3) is 3.48. The number of nitrogens with zero attached hydrogens (tertiary/aromatic N) is 4. The standard InChI is InChI=1S/C20H20ClN5O/c1-26-18(13-6-5-7-14(21)12-13)25-16-17(22)23-15(24-19(16)26)8-11-20(27)9-3-2-4-10-20/h5-7,12,27H,2-4,9-10H2,1H3,(H2,22,23,24). The second-order valence-corrected chi connectivity index (χ2v) is 7.39. The molecule has 1 saturated carbocycles. The Hall–Kier alpha value is -2.62. The molecule has 0 saturated heterocycles. The summed E-state index contributed by atoms with van der Waals surface area (Å²) in [6, 6.07) is 7.45. The molecule has 1 aromatic carbocycles. The number of nitrogens with two attached hydrogens (primary N) is 1. The fraction of sp³-hybridized carbons (Fsp3) is 0.350. The van der Waals surface area contributed by atoms with Gasteiger partial charge in [0.25, 0.3) is 0 Å². The molecule has 1 aliphatic carbocycles. The predicted molar refractivity (Wildman–Crippen MR) is 106 cm³/mol. The minimum atomic E-state index is -0.955. The van der Waals surface area contributed by atoms with Gasteiger partial charge < -0.3 is 15.4 Å². The molecule has 0 unspecified atom stereocenters. The monoisotopic (exact) mass is 381 g/mol. The zero-order chi connectivity index (χ0) is 19.0. The molecular weight excluding hydrogens is 362 g/mol. The Morgan fingerprint density at radius 2 is 1.96 bits per heavy atom. The minimum absolute atomic E-state index is 0.267. The maximum atomic E-state index is 10.6. The van der Waals surface area contributed by atoms with E-state index in [1.807, 2.05) is 35.9 Å². The van der Waals surface area contributed by atoms with Gasteiger partial charge >= 0.3 is 0 Å². The van der Waals surface area contributed by atoms with Crippen LogP contribution < -0.4 is 5.73 Å². The minimum Gasteiger partial charge on any atom is -0.382 e. The largest absolute Gasteiger partial charge is 0.382 e. The fourth-order valence-corrected chi connectivity index (χ4v) is 3.65. The highest BCUT2D eigenvalue weighted by atomic mass is 35.5. The number of rotatable bonds is 1. The van der Waals surface area contributed by atoms with Crippen LogP contribution in [-0.4, -0.2) is 30.2 Å². The van der Waals surface area contributed by atoms with Crippen LogP contribution in [0.15, 0.2) is 24.3 Å². The third-order valence-corrected chi connectivity index (χ3v) is 5.15. The number of fused-ring (bicyclic) bond motifs is 1. The molecule has 1 aliphatic rings. The molecule has 1 fully saturated rings. The highest BCUT2D eigenvalue weighted by molar-refractivity contribution is 6.30. The SMILES string of the molecule is Cn1c(-c2cccc(Cl)c2)nc2c(N)nc(C#CC3(O)CCCCC3)nc21. The molecule has 0 spiro atoms. The first-order valence-corrected chi connectivity index (χ1v) is 9.34. The van der Waals surface area contributed by atoms with Gasteiger partial charge in [-0.05, 0) is 43.7 Å². The van der Waals surface area contributed by atoms with Crippen molar-refractivity contribution in [2.45, 2.75) is 37.7 Å². The Kier molecular flexibility index (Phi) is 4.50. The molecule has 138 valence electrons. The van der Waals surface area contributed by atoms with E-state index in [-0.39, 0.29) is 5.82 Å². The van der Waals surface area contributed by atoms with Crippen LogP contribution in [0.2, 0.25) is 5.02 Å². The van der Waals surface area contributed by atoms with Crippen molar-refractivity contribution >= 4 is 28.6 Å². The number of anilines is 1. The first-order chi connectivity index (χ1) is 13.0. The van der Waals surface area contributed by atoms with Gasteiger partial charge in [0.15, 0.2) is 17.0 Å². The molecule has 3 aromatic rings. The predicted octanol–water partition coefficient (Wildman–Crippen LogP) is 3.31. The van der Waals surface area contributed by atoms with E-state index >= 15 is 0 Å². The van der Waals surface area contributed by atoms with Crippen LogP contribution in [0.5, 0.6) is 0 Å². The van der Waals surface area contributed by atoms with Crippen molar-refractivity contribution in [3.05, 3.63) is 35.1 Å². The Morgan fingerprint density at radius 1 is 1.19 bits per heavy atom. The molecule has 27 heavy (non-hydrogen) atoms. The van der Waals surface area contributed by atoms with Crippen LogP contribution in [0.4, 0.5) is 5.82 Å². The van der Waals surface area contributed by atoms with Gasteiger partial charge in [-0.25, -0.2) is 15.0 Å². The molecule has 6 nitrogen and oxygen atoms in total. The van der Waals surface area contributed by atoms with Crippen LogP contribution in [0, 0.1) is 11.8 Å². The Morgan fingerprint density at radius 3 is 2.70 bits per heavy atom. The first kappa shape index (κ1) is 17.8. The molecule has 0 amide bonds. The van der Waals surface area contributed by atoms with E-state index in [0.717, 1.165) is 24.8 Å². The summed E-state index contributed by atoms with van der Waals surface area (Å²) >= 11 is 6.10. The van der Waals surface area contributed by atoms with Gasteiger partial charge in [-0.15, -0.1) is 0 Å². The molecule has 3 N–H and O–H groups in total. The molecule has 4 rings (SSSR count). The van der Waals surface area contributed by atoms with Gasteiger partial charge in [0.2, 0.25) is 5.82 Å². The molecule has 0 radical (unpaired) electrons. The third-order valence-electron chi connectivity index (χ3n) is 4.92. The average molecular weight is 382 g/mol. The van der Waals surface area contributed by atoms with Crippen molar-refractivity contribution < 1.29 is 5.11 Å². The lowest BCUT2D eigenvalue weighted by atomic mass is 9.85. The van der Waals surface area contributed by atoms with Gasteiger partial charge in [0.05, 0.1) is 0 Å². The van der Waals surface area contributed by atoms with Crippen molar-refractivity contribution in [1.82, 2.24) is 19.5 Å². The van der Waals surface area contributed by atoms with Gasteiger partial charge in [-0.3, -0.25) is 0 Å². The fourth-order valence-electron chi connectivity index (χ4n) is 3.46. The van der Waals surface area contributed by atoms with E-state index in [1.54, 1.807) is 0 Å². The summed E-state index contributed by atoms with van der Waals surface area (Å²) in [6.45, 7) is 0. The maximum absolute atomic E-state index is 10.6. The van der Waals surface area contributed by atoms with Gasteiger partial charge in [0, 0.05) is 17.6 Å². The number of benzene rings is 1. The summed E-state index contributed by atoms with van der Waals surface area (Å²) in [7, 11) is 1.86. The van der Waals surface area contributed by atoms with Gasteiger partial charge in [-0.1, -0.05) is 36.1 Å². The van der Waals surface area contributed by atoms with E-state index in [4.69, 9.17) is 17.3 Å². The maximum Gasteiger partial charge on any atom is 0.209 e. The summed E-state index contributed by atoms with van der Waals surface area (Å²) in [5.74, 6) is 7.12.